The van der Waals surface area contributed by atoms with Crippen LogP contribution in [0.2, 0.25) is 0 Å². The first-order valence-electron chi connectivity index (χ1n) is 8.20. The van der Waals surface area contributed by atoms with Gasteiger partial charge in [-0.15, -0.1) is 0 Å². The molecule has 0 saturated heterocycles. The molecule has 0 radical (unpaired) electrons. The summed E-state index contributed by atoms with van der Waals surface area (Å²) < 4.78 is 0. The predicted molar refractivity (Wildman–Crippen MR) is 102 cm³/mol. The lowest BCUT2D eigenvalue weighted by Crippen LogP contribution is -2.11. The zero-order valence-corrected chi connectivity index (χ0v) is 14.7. The third kappa shape index (κ3) is 2.63. The monoisotopic (exact) mass is 314 g/mol. The molecule has 0 heterocycles. The molecule has 0 atom stereocenters. The van der Waals surface area contributed by atoms with E-state index in [9.17, 15) is 5.26 Å². The number of nitrogens with zero attached hydrogens (tertiary/aromatic N) is 2. The second kappa shape index (κ2) is 6.37. The topological polar surface area (TPSA) is 27.0 Å². The summed E-state index contributed by atoms with van der Waals surface area (Å²) >= 11 is 0. The highest BCUT2D eigenvalue weighted by molar-refractivity contribution is 5.95. The first-order chi connectivity index (χ1) is 11.5. The summed E-state index contributed by atoms with van der Waals surface area (Å²) in [6.45, 7) is 4.36. The van der Waals surface area contributed by atoms with Gasteiger partial charge in [-0.05, 0) is 60.3 Å². The van der Waals surface area contributed by atoms with Crippen LogP contribution in [-0.4, -0.2) is 14.1 Å². The highest BCUT2D eigenvalue weighted by Gasteiger charge is 2.24. The Bertz CT molecular complexity index is 892. The largest absolute Gasteiger partial charge is 0.377 e. The number of hydrogen-bond acceptors (Lipinski definition) is 2. The number of allylic oxidation sites excluding steroid dienone is 4. The molecule has 1 aliphatic rings. The second-order valence-corrected chi connectivity index (χ2v) is 6.45. The van der Waals surface area contributed by atoms with Crippen molar-refractivity contribution in [1.29, 1.82) is 5.26 Å². The zero-order valence-electron chi connectivity index (χ0n) is 14.7. The molecule has 2 nitrogen and oxygen atoms in total. The van der Waals surface area contributed by atoms with E-state index >= 15 is 0 Å². The molecule has 1 aliphatic carbocycles. The third-order valence-corrected chi connectivity index (χ3v) is 4.90. The van der Waals surface area contributed by atoms with Gasteiger partial charge in [-0.2, -0.15) is 5.26 Å². The van der Waals surface area contributed by atoms with Crippen LogP contribution < -0.4 is 4.90 Å². The fraction of sp³-hybridized carbons (Fsp3) is 0.227. The van der Waals surface area contributed by atoms with Gasteiger partial charge in [0.05, 0.1) is 11.6 Å². The Hall–Kier alpha value is -2.79. The Kier molecular flexibility index (Phi) is 4.27. The Morgan fingerprint density at radius 2 is 1.38 bits per heavy atom. The molecule has 2 heteroatoms. The molecule has 2 aromatic rings. The van der Waals surface area contributed by atoms with Gasteiger partial charge in [0.25, 0.3) is 0 Å². The maximum Gasteiger partial charge on any atom is 0.0998 e. The minimum absolute atomic E-state index is 0.752. The molecule has 0 bridgehead atoms. The molecule has 3 rings (SSSR count). The van der Waals surface area contributed by atoms with E-state index in [0.29, 0.717) is 0 Å². The van der Waals surface area contributed by atoms with Crippen molar-refractivity contribution in [3.8, 4) is 6.07 Å². The minimum Gasteiger partial charge on any atom is -0.377 e. The molecule has 0 saturated carbocycles. The summed E-state index contributed by atoms with van der Waals surface area (Å²) in [5.74, 6) is 0. The predicted octanol–water partition coefficient (Wildman–Crippen LogP) is 5.28. The van der Waals surface area contributed by atoms with E-state index in [2.05, 4.69) is 69.2 Å². The highest BCUT2D eigenvalue weighted by Crippen LogP contribution is 2.45. The third-order valence-electron chi connectivity index (χ3n) is 4.90. The van der Waals surface area contributed by atoms with Gasteiger partial charge in [0.1, 0.15) is 0 Å². The Balaban J connectivity index is 2.08. The Morgan fingerprint density at radius 1 is 0.833 bits per heavy atom. The number of anilines is 1. The molecule has 0 amide bonds. The molecular formula is C22H22N2. The van der Waals surface area contributed by atoms with E-state index in [1.54, 1.807) is 0 Å². The minimum atomic E-state index is 0.752. The van der Waals surface area contributed by atoms with Crippen molar-refractivity contribution in [3.63, 3.8) is 0 Å². The number of para-hydroxylation sites is 1. The van der Waals surface area contributed by atoms with Crippen LogP contribution in [0.4, 0.5) is 5.69 Å². The van der Waals surface area contributed by atoms with Crippen LogP contribution in [-0.2, 0) is 0 Å². The maximum atomic E-state index is 9.44. The smallest absolute Gasteiger partial charge is 0.0998 e. The normalized spacial score (nSPS) is 14.1. The van der Waals surface area contributed by atoms with Gasteiger partial charge in [0.2, 0.25) is 0 Å². The maximum absolute atomic E-state index is 9.44. The number of hydrogen-bond donors (Lipinski definition) is 0. The molecule has 0 aliphatic heterocycles. The van der Waals surface area contributed by atoms with Crippen molar-refractivity contribution in [3.05, 3.63) is 76.4 Å². The second-order valence-electron chi connectivity index (χ2n) is 6.45. The lowest BCUT2D eigenvalue weighted by molar-refractivity contribution is 1.12. The molecule has 120 valence electrons. The number of nitriles is 1. The van der Waals surface area contributed by atoms with Crippen molar-refractivity contribution in [2.75, 3.05) is 19.0 Å². The highest BCUT2D eigenvalue weighted by atomic mass is 15.1. The number of benzene rings is 2. The van der Waals surface area contributed by atoms with Gasteiger partial charge in [-0.25, -0.2) is 0 Å². The summed E-state index contributed by atoms with van der Waals surface area (Å²) in [4.78, 5) is 2.16. The molecule has 0 unspecified atom stereocenters. The fourth-order valence-corrected chi connectivity index (χ4v) is 3.45. The van der Waals surface area contributed by atoms with Gasteiger partial charge in [0.15, 0.2) is 0 Å². The van der Waals surface area contributed by atoms with Crippen molar-refractivity contribution < 1.29 is 0 Å². The zero-order chi connectivity index (χ0) is 17.3. The average molecular weight is 314 g/mol. The van der Waals surface area contributed by atoms with Crippen LogP contribution in [0.5, 0.6) is 0 Å². The SMILES string of the molecule is CC1=C(c2ccccc2C#N)CC(c2ccccc2N(C)C)=C1C. The van der Waals surface area contributed by atoms with E-state index in [-0.39, 0.29) is 0 Å². The lowest BCUT2D eigenvalue weighted by atomic mass is 9.94. The molecule has 0 spiro atoms. The van der Waals surface area contributed by atoms with Gasteiger partial charge >= 0.3 is 0 Å². The first-order valence-corrected chi connectivity index (χ1v) is 8.20. The summed E-state index contributed by atoms with van der Waals surface area (Å²) in [5, 5.41) is 9.44. The molecule has 0 aromatic heterocycles. The lowest BCUT2D eigenvalue weighted by Gasteiger charge is -2.19. The van der Waals surface area contributed by atoms with E-state index in [1.807, 2.05) is 18.2 Å². The molecule has 24 heavy (non-hydrogen) atoms. The van der Waals surface area contributed by atoms with E-state index in [1.165, 1.54) is 33.5 Å². The Labute approximate surface area is 144 Å². The fourth-order valence-electron chi connectivity index (χ4n) is 3.45. The van der Waals surface area contributed by atoms with Crippen LogP contribution in [0.1, 0.15) is 37.0 Å². The van der Waals surface area contributed by atoms with Crippen LogP contribution >= 0.6 is 0 Å². The molecular weight excluding hydrogens is 292 g/mol. The average Bonchev–Trinajstić information content (AvgIpc) is 2.90. The van der Waals surface area contributed by atoms with Crippen LogP contribution in [0.3, 0.4) is 0 Å². The van der Waals surface area contributed by atoms with E-state index < -0.39 is 0 Å². The molecule has 2 aromatic carbocycles. The van der Waals surface area contributed by atoms with Crippen LogP contribution in [0.25, 0.3) is 11.1 Å². The van der Waals surface area contributed by atoms with Gasteiger partial charge in [-0.3, -0.25) is 0 Å². The van der Waals surface area contributed by atoms with Gasteiger partial charge in [-0.1, -0.05) is 36.4 Å². The van der Waals surface area contributed by atoms with E-state index in [4.69, 9.17) is 0 Å². The summed E-state index contributed by atoms with van der Waals surface area (Å²) in [6.07, 6.45) is 0.876. The number of rotatable bonds is 3. The molecule has 0 N–H and O–H groups in total. The summed E-state index contributed by atoms with van der Waals surface area (Å²) in [6, 6.07) is 18.8. The van der Waals surface area contributed by atoms with Crippen molar-refractivity contribution in [1.82, 2.24) is 0 Å². The van der Waals surface area contributed by atoms with Crippen molar-refractivity contribution >= 4 is 16.8 Å². The standard InChI is InChI=1S/C22H22N2/c1-15-16(2)21(19-11-7-8-12-22(19)24(3)4)13-20(15)18-10-6-5-9-17(18)14-23/h5-12H,13H2,1-4H3. The quantitative estimate of drug-likeness (QED) is 0.771. The van der Waals surface area contributed by atoms with Crippen LogP contribution in [0, 0.1) is 11.3 Å². The Morgan fingerprint density at radius 3 is 2.00 bits per heavy atom. The molecule has 0 fully saturated rings. The summed E-state index contributed by atoms with van der Waals surface area (Å²) in [7, 11) is 4.16. The summed E-state index contributed by atoms with van der Waals surface area (Å²) in [5.41, 5.74) is 9.58. The van der Waals surface area contributed by atoms with Crippen LogP contribution in [0.15, 0.2) is 59.7 Å². The van der Waals surface area contributed by atoms with Gasteiger partial charge < -0.3 is 4.90 Å². The van der Waals surface area contributed by atoms with Crippen molar-refractivity contribution in [2.24, 2.45) is 0 Å². The van der Waals surface area contributed by atoms with Crippen molar-refractivity contribution in [2.45, 2.75) is 20.3 Å². The van der Waals surface area contributed by atoms with Gasteiger partial charge in [0, 0.05) is 25.3 Å². The van der Waals surface area contributed by atoms with E-state index in [0.717, 1.165) is 17.5 Å². The first kappa shape index (κ1) is 16.1.